The lowest BCUT2D eigenvalue weighted by Crippen LogP contribution is -2.55. The van der Waals surface area contributed by atoms with E-state index in [2.05, 4.69) is 97.1 Å². The Morgan fingerprint density at radius 2 is 0.721 bits per heavy atom. The van der Waals surface area contributed by atoms with Crippen LogP contribution in [0.25, 0.3) is 101 Å². The zero-order valence-corrected chi connectivity index (χ0v) is 37.5. The molecular formula is C62H46N6. The number of nitrogens with zero attached hydrogens (tertiary/aromatic N) is 6. The third-order valence-corrected chi connectivity index (χ3v) is 15.7. The molecule has 0 radical (unpaired) electrons. The van der Waals surface area contributed by atoms with Gasteiger partial charge in [0.25, 0.3) is 0 Å². The van der Waals surface area contributed by atoms with Crippen LogP contribution in [0.3, 0.4) is 0 Å². The zero-order valence-electron chi connectivity index (χ0n) is 37.5. The minimum absolute atomic E-state index is 0.0839. The van der Waals surface area contributed by atoms with E-state index in [9.17, 15) is 0 Å². The molecule has 5 aliphatic carbocycles. The highest BCUT2D eigenvalue weighted by atomic mass is 15.0. The summed E-state index contributed by atoms with van der Waals surface area (Å²) in [4.78, 5) is 31.1. The first-order valence-electron chi connectivity index (χ1n) is 24.2. The van der Waals surface area contributed by atoms with Crippen LogP contribution in [0.15, 0.2) is 194 Å². The van der Waals surface area contributed by atoms with E-state index in [1.54, 1.807) is 11.1 Å². The van der Waals surface area contributed by atoms with Crippen LogP contribution in [-0.2, 0) is 5.41 Å². The summed E-state index contributed by atoms with van der Waals surface area (Å²) in [7, 11) is 0. The maximum absolute atomic E-state index is 5.31. The Kier molecular flexibility index (Phi) is 8.98. The van der Waals surface area contributed by atoms with Gasteiger partial charge in [-0.3, -0.25) is 0 Å². The largest absolute Gasteiger partial charge is 0.208 e. The molecule has 0 N–H and O–H groups in total. The molecule has 0 aliphatic heterocycles. The van der Waals surface area contributed by atoms with Crippen molar-refractivity contribution in [3.05, 3.63) is 205 Å². The van der Waals surface area contributed by atoms with Crippen LogP contribution < -0.4 is 0 Å². The minimum Gasteiger partial charge on any atom is -0.208 e. The summed E-state index contributed by atoms with van der Waals surface area (Å²) >= 11 is 0. The molecule has 0 amide bonds. The number of hydrogen-bond donors (Lipinski definition) is 0. The molecule has 15 rings (SSSR count). The monoisotopic (exact) mass is 874 g/mol. The van der Waals surface area contributed by atoms with E-state index in [1.165, 1.54) is 54.4 Å². The number of hydrogen-bond acceptors (Lipinski definition) is 6. The van der Waals surface area contributed by atoms with Crippen LogP contribution in [0.5, 0.6) is 0 Å². The average Bonchev–Trinajstić information content (AvgIpc) is 3.70. The summed E-state index contributed by atoms with van der Waals surface area (Å²) in [5.74, 6) is 6.77. The van der Waals surface area contributed by atoms with Crippen LogP contribution >= 0.6 is 0 Å². The van der Waals surface area contributed by atoms with Gasteiger partial charge in [0.15, 0.2) is 34.9 Å². The van der Waals surface area contributed by atoms with E-state index < -0.39 is 0 Å². The Hall–Kier alpha value is -7.96. The molecule has 6 nitrogen and oxygen atoms in total. The fourth-order valence-corrected chi connectivity index (χ4v) is 13.1. The summed E-state index contributed by atoms with van der Waals surface area (Å²) in [6.07, 6.45) is 6.87. The molecule has 68 heavy (non-hydrogen) atoms. The van der Waals surface area contributed by atoms with Crippen molar-refractivity contribution < 1.29 is 0 Å². The lowest BCUT2D eigenvalue weighted by molar-refractivity contribution is -0.0399. The Labute approximate surface area is 396 Å². The fraction of sp³-hybridized carbons (Fsp3) is 0.161. The lowest BCUT2D eigenvalue weighted by Gasteiger charge is -2.61. The first kappa shape index (κ1) is 39.2. The highest BCUT2D eigenvalue weighted by Gasteiger charge is 2.61. The molecule has 6 heteroatoms. The first-order valence-corrected chi connectivity index (χ1v) is 24.2. The molecule has 2 heterocycles. The summed E-state index contributed by atoms with van der Waals surface area (Å²) in [6.45, 7) is 0. The second kappa shape index (κ2) is 15.6. The molecule has 2 aromatic heterocycles. The van der Waals surface area contributed by atoms with Crippen LogP contribution in [0.2, 0.25) is 0 Å². The standard InChI is InChI=1S/C62H46N6/c1-5-15-40(16-6-1)56-63-57(41-17-7-2-8-18-41)66-60(65-56)47-34-46-26-25-44(35-52(46)53(36-47)61-67-58(42-19-9-3-10-20-42)64-59(68-61)43-21-11-4-12-22-43)45-27-28-51-50-23-13-14-24-54(50)62(55(51)37-45)48-30-38-29-39(32-48)33-49(62)31-38/h1-28,34-39,48-49H,29-33H2. The Balaban J connectivity index is 0.987. The highest BCUT2D eigenvalue weighted by Crippen LogP contribution is 2.69. The van der Waals surface area contributed by atoms with Gasteiger partial charge in [0.2, 0.25) is 0 Å². The van der Waals surface area contributed by atoms with Gasteiger partial charge in [-0.2, -0.15) is 0 Å². The van der Waals surface area contributed by atoms with Gasteiger partial charge in [0.05, 0.1) is 0 Å². The number of rotatable bonds is 7. The van der Waals surface area contributed by atoms with E-state index in [-0.39, 0.29) is 5.41 Å². The van der Waals surface area contributed by atoms with Crippen molar-refractivity contribution in [2.24, 2.45) is 23.7 Å². The molecule has 0 saturated heterocycles. The Morgan fingerprint density at radius 3 is 1.25 bits per heavy atom. The molecule has 4 bridgehead atoms. The maximum Gasteiger partial charge on any atom is 0.164 e. The highest BCUT2D eigenvalue weighted by molar-refractivity contribution is 6.01. The van der Waals surface area contributed by atoms with Gasteiger partial charge in [-0.15, -0.1) is 0 Å². The molecule has 4 saturated carbocycles. The van der Waals surface area contributed by atoms with E-state index in [4.69, 9.17) is 29.9 Å². The van der Waals surface area contributed by atoms with E-state index in [0.29, 0.717) is 46.8 Å². The van der Waals surface area contributed by atoms with Crippen LogP contribution in [0.4, 0.5) is 0 Å². The molecular weight excluding hydrogens is 829 g/mol. The second-order valence-electron chi connectivity index (χ2n) is 19.5. The summed E-state index contributed by atoms with van der Waals surface area (Å²) in [5, 5.41) is 2.09. The lowest BCUT2D eigenvalue weighted by atomic mass is 9.43. The van der Waals surface area contributed by atoms with Crippen molar-refractivity contribution in [2.75, 3.05) is 0 Å². The molecule has 0 unspecified atom stereocenters. The average molecular weight is 875 g/mol. The van der Waals surface area contributed by atoms with Gasteiger partial charge in [-0.25, -0.2) is 29.9 Å². The Bertz CT molecular complexity index is 3430. The first-order chi connectivity index (χ1) is 33.6. The molecule has 324 valence electrons. The number of aromatic nitrogens is 6. The van der Waals surface area contributed by atoms with E-state index in [1.807, 2.05) is 97.1 Å². The fourth-order valence-electron chi connectivity index (χ4n) is 13.1. The van der Waals surface area contributed by atoms with Gasteiger partial charge in [0.1, 0.15) is 0 Å². The third-order valence-electron chi connectivity index (χ3n) is 15.7. The molecule has 8 aromatic carbocycles. The van der Waals surface area contributed by atoms with Crippen LogP contribution in [-0.4, -0.2) is 29.9 Å². The van der Waals surface area contributed by atoms with Gasteiger partial charge in [0, 0.05) is 38.8 Å². The van der Waals surface area contributed by atoms with Gasteiger partial charge >= 0.3 is 0 Å². The van der Waals surface area contributed by atoms with Crippen molar-refractivity contribution in [1.82, 2.24) is 29.9 Å². The van der Waals surface area contributed by atoms with Gasteiger partial charge in [-0.1, -0.05) is 170 Å². The number of benzene rings is 8. The van der Waals surface area contributed by atoms with Crippen LogP contribution in [0, 0.1) is 23.7 Å². The SMILES string of the molecule is c1ccc(-c2nc(-c3ccccc3)nc(-c3cc(-c4nc(-c5ccccc5)nc(-c5ccccc5)n4)c4cc(-c5ccc6c(c5)C5(c7ccccc7-6)C6CC7CC(C6)CC5C7)ccc4c3)n2)cc1. The topological polar surface area (TPSA) is 77.3 Å². The number of fused-ring (bicyclic) bond motifs is 4. The molecule has 5 aliphatic rings. The molecule has 4 fully saturated rings. The van der Waals surface area contributed by atoms with Crippen molar-refractivity contribution in [2.45, 2.75) is 37.5 Å². The summed E-state index contributed by atoms with van der Waals surface area (Å²) in [6, 6.07) is 68.7. The quantitative estimate of drug-likeness (QED) is 0.159. The molecule has 10 aromatic rings. The van der Waals surface area contributed by atoms with E-state index >= 15 is 0 Å². The predicted octanol–water partition coefficient (Wildman–Crippen LogP) is 14.6. The molecule has 1 spiro atoms. The van der Waals surface area contributed by atoms with Gasteiger partial charge in [-0.05, 0) is 124 Å². The van der Waals surface area contributed by atoms with Crippen molar-refractivity contribution in [1.29, 1.82) is 0 Å². The normalized spacial score (nSPS) is 20.7. The molecule has 0 atom stereocenters. The van der Waals surface area contributed by atoms with Crippen LogP contribution in [0.1, 0.15) is 43.2 Å². The summed E-state index contributed by atoms with van der Waals surface area (Å²) < 4.78 is 0. The van der Waals surface area contributed by atoms with Crippen molar-refractivity contribution in [3.63, 3.8) is 0 Å². The second-order valence-corrected chi connectivity index (χ2v) is 19.5. The summed E-state index contributed by atoms with van der Waals surface area (Å²) in [5.41, 5.74) is 13.9. The van der Waals surface area contributed by atoms with Crippen molar-refractivity contribution >= 4 is 10.8 Å². The minimum atomic E-state index is 0.0839. The van der Waals surface area contributed by atoms with E-state index in [0.717, 1.165) is 56.0 Å². The smallest absolute Gasteiger partial charge is 0.164 e. The maximum atomic E-state index is 5.31. The zero-order chi connectivity index (χ0) is 44.8. The predicted molar refractivity (Wildman–Crippen MR) is 272 cm³/mol. The van der Waals surface area contributed by atoms with Gasteiger partial charge < -0.3 is 0 Å². The van der Waals surface area contributed by atoms with Crippen molar-refractivity contribution in [3.8, 4) is 90.6 Å². The third kappa shape index (κ3) is 6.31. The Morgan fingerprint density at radius 1 is 0.294 bits per heavy atom.